The molecule has 0 aliphatic rings. The van der Waals surface area contributed by atoms with Gasteiger partial charge in [0.2, 0.25) is 0 Å². The lowest BCUT2D eigenvalue weighted by Gasteiger charge is -2.01. The molecule has 5 nitrogen and oxygen atoms in total. The monoisotopic (exact) mass is 299 g/mol. The summed E-state index contributed by atoms with van der Waals surface area (Å²) in [6, 6.07) is 6.13. The van der Waals surface area contributed by atoms with Crippen molar-refractivity contribution in [2.24, 2.45) is 5.10 Å². The second kappa shape index (κ2) is 7.27. The summed E-state index contributed by atoms with van der Waals surface area (Å²) in [5.74, 6) is 8.40. The quantitative estimate of drug-likeness (QED) is 0.306. The molecular formula is C15H17N3O2Si. The maximum Gasteiger partial charge on any atom is 0.271 e. The zero-order valence-corrected chi connectivity index (χ0v) is 13.5. The van der Waals surface area contributed by atoms with Crippen LogP contribution in [0.25, 0.3) is 0 Å². The number of hydrazone groups is 1. The van der Waals surface area contributed by atoms with Crippen LogP contribution >= 0.6 is 0 Å². The Bertz CT molecular complexity index is 683. The Hall–Kier alpha value is -2.57. The van der Waals surface area contributed by atoms with Crippen LogP contribution in [0.5, 0.6) is 0 Å². The summed E-state index contributed by atoms with van der Waals surface area (Å²) in [5, 5.41) is 14.7. The van der Waals surface area contributed by atoms with E-state index in [0.29, 0.717) is 11.4 Å². The highest BCUT2D eigenvalue weighted by Gasteiger charge is 2.06. The Labute approximate surface area is 125 Å². The summed E-state index contributed by atoms with van der Waals surface area (Å²) in [4.78, 5) is 10.2. The van der Waals surface area contributed by atoms with Crippen molar-refractivity contribution in [1.82, 2.24) is 0 Å². The van der Waals surface area contributed by atoms with Gasteiger partial charge in [-0.25, -0.2) is 0 Å². The molecule has 0 unspecified atom stereocenters. The molecule has 0 atom stereocenters. The van der Waals surface area contributed by atoms with Gasteiger partial charge < -0.3 is 0 Å². The second-order valence-electron chi connectivity index (χ2n) is 5.37. The van der Waals surface area contributed by atoms with Crippen LogP contribution < -0.4 is 5.43 Å². The third-order valence-corrected chi connectivity index (χ3v) is 3.03. The van der Waals surface area contributed by atoms with Crippen molar-refractivity contribution >= 4 is 25.2 Å². The van der Waals surface area contributed by atoms with E-state index in [1.54, 1.807) is 19.1 Å². The summed E-state index contributed by atoms with van der Waals surface area (Å²) >= 11 is 0. The van der Waals surface area contributed by atoms with Crippen LogP contribution in [-0.2, 0) is 0 Å². The first-order valence-electron chi connectivity index (χ1n) is 6.36. The van der Waals surface area contributed by atoms with Gasteiger partial charge in [0, 0.05) is 12.1 Å². The van der Waals surface area contributed by atoms with E-state index in [0.717, 1.165) is 0 Å². The molecule has 0 fully saturated rings. The molecule has 0 saturated heterocycles. The fraction of sp³-hybridized carbons (Fsp3) is 0.267. The van der Waals surface area contributed by atoms with E-state index in [1.807, 2.05) is 0 Å². The van der Waals surface area contributed by atoms with Gasteiger partial charge in [0.1, 0.15) is 13.8 Å². The highest BCUT2D eigenvalue weighted by atomic mass is 28.3. The summed E-state index contributed by atoms with van der Waals surface area (Å²) in [5.41, 5.74) is 6.99. The largest absolute Gasteiger partial charge is 0.277 e. The van der Waals surface area contributed by atoms with Gasteiger partial charge in [0.05, 0.1) is 10.6 Å². The molecule has 1 aromatic rings. The third kappa shape index (κ3) is 6.95. The highest BCUT2D eigenvalue weighted by Crippen LogP contribution is 2.16. The molecule has 1 N–H and O–H groups in total. The van der Waals surface area contributed by atoms with Crippen molar-refractivity contribution in [3.05, 3.63) is 34.4 Å². The maximum absolute atomic E-state index is 10.7. The van der Waals surface area contributed by atoms with Gasteiger partial charge in [-0.1, -0.05) is 25.7 Å². The fourth-order valence-corrected chi connectivity index (χ4v) is 1.64. The predicted molar refractivity (Wildman–Crippen MR) is 88.7 cm³/mol. The number of rotatable bonds is 3. The van der Waals surface area contributed by atoms with Crippen LogP contribution in [0.2, 0.25) is 19.6 Å². The van der Waals surface area contributed by atoms with E-state index in [4.69, 9.17) is 0 Å². The molecule has 6 heteroatoms. The number of nitrogens with one attached hydrogen (secondary N) is 1. The first kappa shape index (κ1) is 16.5. The van der Waals surface area contributed by atoms with E-state index in [9.17, 15) is 10.1 Å². The minimum Gasteiger partial charge on any atom is -0.277 e. The smallest absolute Gasteiger partial charge is 0.271 e. The molecular weight excluding hydrogens is 282 g/mol. The molecule has 108 valence electrons. The average molecular weight is 299 g/mol. The predicted octanol–water partition coefficient (Wildman–Crippen LogP) is 3.27. The van der Waals surface area contributed by atoms with E-state index >= 15 is 0 Å². The fourth-order valence-electron chi connectivity index (χ4n) is 1.21. The Morgan fingerprint density at radius 2 is 2.05 bits per heavy atom. The van der Waals surface area contributed by atoms with Crippen LogP contribution in [-0.4, -0.2) is 18.7 Å². The van der Waals surface area contributed by atoms with Crippen LogP contribution in [0, 0.1) is 33.4 Å². The van der Waals surface area contributed by atoms with Gasteiger partial charge in [-0.3, -0.25) is 15.5 Å². The number of nitro groups is 1. The lowest BCUT2D eigenvalue weighted by Crippen LogP contribution is -2.16. The molecule has 0 bridgehead atoms. The van der Waals surface area contributed by atoms with Crippen molar-refractivity contribution in [1.29, 1.82) is 0 Å². The molecule has 0 aliphatic heterocycles. The van der Waals surface area contributed by atoms with E-state index in [2.05, 4.69) is 53.5 Å². The SMILES string of the molecule is C/C(C#CC#C[Si](C)(C)C)=N/Nc1cccc([N+](=O)[O-])c1. The van der Waals surface area contributed by atoms with Gasteiger partial charge in [0.15, 0.2) is 0 Å². The first-order chi connectivity index (χ1) is 9.78. The van der Waals surface area contributed by atoms with Crippen LogP contribution in [0.1, 0.15) is 6.92 Å². The molecule has 0 spiro atoms. The molecule has 1 rings (SSSR count). The lowest BCUT2D eigenvalue weighted by molar-refractivity contribution is -0.384. The van der Waals surface area contributed by atoms with Crippen molar-refractivity contribution in [3.63, 3.8) is 0 Å². The molecule has 0 aromatic heterocycles. The van der Waals surface area contributed by atoms with Gasteiger partial charge in [-0.2, -0.15) is 5.10 Å². The Morgan fingerprint density at radius 3 is 2.67 bits per heavy atom. The Balaban J connectivity index is 2.72. The van der Waals surface area contributed by atoms with E-state index in [-0.39, 0.29) is 5.69 Å². The van der Waals surface area contributed by atoms with Crippen molar-refractivity contribution < 1.29 is 4.92 Å². The van der Waals surface area contributed by atoms with Crippen molar-refractivity contribution in [2.45, 2.75) is 26.6 Å². The highest BCUT2D eigenvalue weighted by molar-refractivity contribution is 6.83. The molecule has 0 amide bonds. The second-order valence-corrected chi connectivity index (χ2v) is 10.1. The minimum atomic E-state index is -1.40. The number of nitro benzene ring substituents is 1. The molecule has 0 radical (unpaired) electrons. The van der Waals surface area contributed by atoms with E-state index < -0.39 is 13.0 Å². The Morgan fingerprint density at radius 1 is 1.33 bits per heavy atom. The standard InChI is InChI=1S/C15H17N3O2Si/c1-13(8-5-6-11-21(2,3)4)16-17-14-9-7-10-15(12-14)18(19)20/h7,9-10,12,17H,1-4H3/b16-13-. The third-order valence-electron chi connectivity index (χ3n) is 2.15. The number of non-ortho nitro benzene ring substituents is 1. The number of anilines is 1. The number of benzene rings is 1. The topological polar surface area (TPSA) is 67.5 Å². The number of nitrogens with zero attached hydrogens (tertiary/aromatic N) is 2. The molecule has 21 heavy (non-hydrogen) atoms. The lowest BCUT2D eigenvalue weighted by atomic mass is 10.3. The van der Waals surface area contributed by atoms with Gasteiger partial charge in [0.25, 0.3) is 5.69 Å². The summed E-state index contributed by atoms with van der Waals surface area (Å²) in [6.07, 6.45) is 0. The van der Waals surface area contributed by atoms with Crippen LogP contribution in [0.15, 0.2) is 29.4 Å². The van der Waals surface area contributed by atoms with Crippen LogP contribution in [0.4, 0.5) is 11.4 Å². The summed E-state index contributed by atoms with van der Waals surface area (Å²) < 4.78 is 0. The van der Waals surface area contributed by atoms with Gasteiger partial charge in [-0.15, -0.1) is 5.54 Å². The zero-order chi connectivity index (χ0) is 15.9. The first-order valence-corrected chi connectivity index (χ1v) is 9.86. The summed E-state index contributed by atoms with van der Waals surface area (Å²) in [6.45, 7) is 8.18. The van der Waals surface area contributed by atoms with E-state index in [1.165, 1.54) is 12.1 Å². The summed E-state index contributed by atoms with van der Waals surface area (Å²) in [7, 11) is -1.40. The molecule has 0 saturated carbocycles. The Kier molecular flexibility index (Phi) is 5.71. The van der Waals surface area contributed by atoms with Crippen molar-refractivity contribution in [2.75, 3.05) is 5.43 Å². The van der Waals surface area contributed by atoms with Crippen molar-refractivity contribution in [3.8, 4) is 23.3 Å². The maximum atomic E-state index is 10.7. The zero-order valence-electron chi connectivity index (χ0n) is 12.5. The molecule has 1 aromatic carbocycles. The van der Waals surface area contributed by atoms with Gasteiger partial charge in [-0.05, 0) is 30.8 Å². The number of hydrogen-bond donors (Lipinski definition) is 1. The van der Waals surface area contributed by atoms with Crippen LogP contribution in [0.3, 0.4) is 0 Å². The normalized spacial score (nSPS) is 10.8. The van der Waals surface area contributed by atoms with Gasteiger partial charge >= 0.3 is 0 Å². The number of hydrogen-bond acceptors (Lipinski definition) is 4. The molecule has 0 heterocycles. The minimum absolute atomic E-state index is 0.0138. The average Bonchev–Trinajstić information content (AvgIpc) is 2.40. The molecule has 0 aliphatic carbocycles.